The van der Waals surface area contributed by atoms with E-state index in [1.165, 1.54) is 24.3 Å². The maximum atomic E-state index is 14.1. The second-order valence-electron chi connectivity index (χ2n) is 5.12. The first kappa shape index (κ1) is 19.1. The summed E-state index contributed by atoms with van der Waals surface area (Å²) in [5, 5.41) is 9.06. The summed E-state index contributed by atoms with van der Waals surface area (Å²) in [6.07, 6.45) is -0.339. The molecule has 1 N–H and O–H groups in total. The largest absolute Gasteiger partial charge is 0.481 e. The first-order valence-corrected chi connectivity index (χ1v) is 8.99. The number of carboxylic acid groups (broad SMARTS) is 1. The van der Waals surface area contributed by atoms with Crippen molar-refractivity contribution in [2.45, 2.75) is 17.7 Å². The third kappa shape index (κ3) is 4.67. The van der Waals surface area contributed by atoms with Crippen molar-refractivity contribution in [1.82, 2.24) is 0 Å². The molecular weight excluding hydrogens is 376 g/mol. The van der Waals surface area contributed by atoms with Crippen LogP contribution >= 0.6 is 11.6 Å². The molecule has 0 bridgehead atoms. The molecule has 0 radical (unpaired) electrons. The number of anilines is 1. The molecule has 134 valence electrons. The van der Waals surface area contributed by atoms with E-state index in [0.29, 0.717) is 11.1 Å². The van der Waals surface area contributed by atoms with Crippen LogP contribution in [0.15, 0.2) is 47.4 Å². The average molecular weight is 390 g/mol. The van der Waals surface area contributed by atoms with Crippen molar-refractivity contribution in [3.8, 4) is 0 Å². The Labute approximate surface area is 148 Å². The second kappa shape index (κ2) is 7.79. The first-order chi connectivity index (χ1) is 11.7. The predicted octanol–water partition coefficient (Wildman–Crippen LogP) is 3.68. The number of carbonyl (C=O) groups is 1. The summed E-state index contributed by atoms with van der Waals surface area (Å²) in [5.74, 6) is -3.02. The zero-order valence-corrected chi connectivity index (χ0v) is 14.4. The van der Waals surface area contributed by atoms with Gasteiger partial charge in [-0.05, 0) is 42.8 Å². The summed E-state index contributed by atoms with van der Waals surface area (Å²) in [7, 11) is -4.18. The molecule has 0 saturated carbocycles. The van der Waals surface area contributed by atoms with Crippen molar-refractivity contribution in [3.63, 3.8) is 0 Å². The lowest BCUT2D eigenvalue weighted by atomic mass is 10.2. The Bertz CT molecular complexity index is 872. The van der Waals surface area contributed by atoms with Crippen LogP contribution in [-0.2, 0) is 14.8 Å². The monoisotopic (exact) mass is 389 g/mol. The lowest BCUT2D eigenvalue weighted by molar-refractivity contribution is -0.137. The van der Waals surface area contributed by atoms with Crippen molar-refractivity contribution in [2.24, 2.45) is 0 Å². The molecule has 0 heterocycles. The van der Waals surface area contributed by atoms with Crippen molar-refractivity contribution in [3.05, 3.63) is 59.1 Å². The van der Waals surface area contributed by atoms with E-state index in [4.69, 9.17) is 16.7 Å². The molecule has 0 aliphatic rings. The summed E-state index contributed by atoms with van der Waals surface area (Å²) >= 11 is 5.74. The highest BCUT2D eigenvalue weighted by molar-refractivity contribution is 7.92. The first-order valence-electron chi connectivity index (χ1n) is 7.17. The molecule has 0 aliphatic carbocycles. The van der Waals surface area contributed by atoms with E-state index in [2.05, 4.69) is 0 Å². The van der Waals surface area contributed by atoms with Gasteiger partial charge in [-0.2, -0.15) is 0 Å². The molecule has 0 saturated heterocycles. The molecule has 0 aromatic heterocycles. The highest BCUT2D eigenvalue weighted by Gasteiger charge is 2.27. The SMILES string of the molecule is O=C(O)CCCN(c1ccc(F)cc1F)S(=O)(=O)c1ccc(Cl)cc1. The molecule has 2 rings (SSSR count). The minimum atomic E-state index is -4.18. The fourth-order valence-corrected chi connectivity index (χ4v) is 3.80. The minimum absolute atomic E-state index is 0.0427. The third-order valence-electron chi connectivity index (χ3n) is 3.33. The van der Waals surface area contributed by atoms with Gasteiger partial charge in [0.25, 0.3) is 10.0 Å². The Morgan fingerprint density at radius 2 is 1.76 bits per heavy atom. The number of halogens is 3. The molecule has 0 fully saturated rings. The normalized spacial score (nSPS) is 11.3. The van der Waals surface area contributed by atoms with E-state index in [1.807, 2.05) is 0 Å². The highest BCUT2D eigenvalue weighted by Crippen LogP contribution is 2.28. The molecule has 0 spiro atoms. The van der Waals surface area contributed by atoms with Gasteiger partial charge in [0, 0.05) is 24.1 Å². The number of carboxylic acids is 1. The molecule has 5 nitrogen and oxygen atoms in total. The number of rotatable bonds is 7. The molecule has 2 aromatic rings. The summed E-state index contributed by atoms with van der Waals surface area (Å²) in [6, 6.07) is 7.73. The van der Waals surface area contributed by atoms with E-state index >= 15 is 0 Å². The smallest absolute Gasteiger partial charge is 0.303 e. The number of aliphatic carboxylic acids is 1. The zero-order chi connectivity index (χ0) is 18.6. The molecule has 0 atom stereocenters. The van der Waals surface area contributed by atoms with E-state index < -0.39 is 27.6 Å². The van der Waals surface area contributed by atoms with Gasteiger partial charge in [-0.3, -0.25) is 9.10 Å². The van der Waals surface area contributed by atoms with Gasteiger partial charge >= 0.3 is 5.97 Å². The second-order valence-corrected chi connectivity index (χ2v) is 7.42. The Balaban J connectivity index is 2.45. The van der Waals surface area contributed by atoms with Gasteiger partial charge in [-0.15, -0.1) is 0 Å². The van der Waals surface area contributed by atoms with Gasteiger partial charge in [0.05, 0.1) is 10.6 Å². The van der Waals surface area contributed by atoms with Gasteiger partial charge in [0.1, 0.15) is 11.6 Å². The number of hydrogen-bond acceptors (Lipinski definition) is 3. The Morgan fingerprint density at radius 1 is 1.12 bits per heavy atom. The summed E-state index contributed by atoms with van der Waals surface area (Å²) in [6.45, 7) is -0.278. The quantitative estimate of drug-likeness (QED) is 0.783. The van der Waals surface area contributed by atoms with Gasteiger partial charge in [0.2, 0.25) is 0 Å². The predicted molar refractivity (Wildman–Crippen MR) is 89.2 cm³/mol. The van der Waals surface area contributed by atoms with Gasteiger partial charge in [-0.25, -0.2) is 17.2 Å². The summed E-state index contributed by atoms with van der Waals surface area (Å²) in [5.41, 5.74) is -0.360. The Kier molecular flexibility index (Phi) is 5.97. The topological polar surface area (TPSA) is 74.7 Å². The van der Waals surface area contributed by atoms with Crippen LogP contribution in [0.1, 0.15) is 12.8 Å². The van der Waals surface area contributed by atoms with Gasteiger partial charge in [-0.1, -0.05) is 11.6 Å². The van der Waals surface area contributed by atoms with Crippen LogP contribution < -0.4 is 4.31 Å². The summed E-state index contributed by atoms with van der Waals surface area (Å²) < 4.78 is 53.6. The number of hydrogen-bond donors (Lipinski definition) is 1. The Morgan fingerprint density at radius 3 is 2.32 bits per heavy atom. The lowest BCUT2D eigenvalue weighted by Crippen LogP contribution is -2.33. The van der Waals surface area contributed by atoms with Crippen LogP contribution in [0, 0.1) is 11.6 Å². The third-order valence-corrected chi connectivity index (χ3v) is 5.41. The van der Waals surface area contributed by atoms with Crippen molar-refractivity contribution < 1.29 is 27.1 Å². The average Bonchev–Trinajstić information content (AvgIpc) is 2.52. The van der Waals surface area contributed by atoms with Crippen LogP contribution in [0.4, 0.5) is 14.5 Å². The molecule has 9 heteroatoms. The van der Waals surface area contributed by atoms with Crippen LogP contribution in [0.2, 0.25) is 5.02 Å². The van der Waals surface area contributed by atoms with Crippen molar-refractivity contribution in [1.29, 1.82) is 0 Å². The standard InChI is InChI=1S/C16H14ClF2NO4S/c17-11-3-6-13(7-4-11)25(23,24)20(9-1-2-16(21)22)15-8-5-12(18)10-14(15)19/h3-8,10H,1-2,9H2,(H,21,22). The lowest BCUT2D eigenvalue weighted by Gasteiger charge is -2.25. The highest BCUT2D eigenvalue weighted by atomic mass is 35.5. The number of sulfonamides is 1. The maximum Gasteiger partial charge on any atom is 0.303 e. The van der Waals surface area contributed by atoms with Gasteiger partial charge in [0.15, 0.2) is 0 Å². The van der Waals surface area contributed by atoms with E-state index in [9.17, 15) is 22.0 Å². The Hall–Kier alpha value is -2.19. The maximum absolute atomic E-state index is 14.1. The van der Waals surface area contributed by atoms with E-state index in [0.717, 1.165) is 16.4 Å². The number of benzene rings is 2. The van der Waals surface area contributed by atoms with E-state index in [1.54, 1.807) is 0 Å². The number of nitrogens with zero attached hydrogens (tertiary/aromatic N) is 1. The zero-order valence-electron chi connectivity index (χ0n) is 12.8. The van der Waals surface area contributed by atoms with Crippen LogP contribution in [-0.4, -0.2) is 26.0 Å². The van der Waals surface area contributed by atoms with Crippen LogP contribution in [0.5, 0.6) is 0 Å². The van der Waals surface area contributed by atoms with Crippen molar-refractivity contribution in [2.75, 3.05) is 10.8 Å². The summed E-state index contributed by atoms with van der Waals surface area (Å²) in [4.78, 5) is 10.5. The van der Waals surface area contributed by atoms with Gasteiger partial charge < -0.3 is 5.11 Å². The molecule has 0 aliphatic heterocycles. The van der Waals surface area contributed by atoms with Crippen molar-refractivity contribution >= 4 is 33.3 Å². The fraction of sp³-hybridized carbons (Fsp3) is 0.188. The minimum Gasteiger partial charge on any atom is -0.481 e. The molecule has 25 heavy (non-hydrogen) atoms. The molecular formula is C16H14ClF2NO4S. The molecule has 0 unspecified atom stereocenters. The fourth-order valence-electron chi connectivity index (χ4n) is 2.16. The van der Waals surface area contributed by atoms with Crippen LogP contribution in [0.3, 0.4) is 0 Å². The molecule has 0 amide bonds. The van der Waals surface area contributed by atoms with E-state index in [-0.39, 0.29) is 30.0 Å². The van der Waals surface area contributed by atoms with Crippen LogP contribution in [0.25, 0.3) is 0 Å². The molecule has 2 aromatic carbocycles.